The zero-order valence-corrected chi connectivity index (χ0v) is 34.4. The lowest BCUT2D eigenvalue weighted by Gasteiger charge is -2.39. The largest absolute Gasteiger partial charge is 0.474 e. The summed E-state index contributed by atoms with van der Waals surface area (Å²) in [6.45, 7) is 17.4. The Morgan fingerprint density at radius 3 is 1.61 bits per heavy atom. The van der Waals surface area contributed by atoms with Crippen LogP contribution in [-0.2, 0) is 18.3 Å². The van der Waals surface area contributed by atoms with Crippen molar-refractivity contribution in [2.45, 2.75) is 189 Å². The van der Waals surface area contributed by atoms with E-state index in [-0.39, 0.29) is 6.61 Å². The minimum absolute atomic E-state index is 0.194. The van der Waals surface area contributed by atoms with Gasteiger partial charge in [0, 0.05) is 0 Å². The maximum absolute atomic E-state index is 12.3. The highest BCUT2D eigenvalue weighted by atomic mass is 31.2. The van der Waals surface area contributed by atoms with Gasteiger partial charge in [-0.05, 0) is 83.0 Å². The van der Waals surface area contributed by atoms with Gasteiger partial charge in [-0.1, -0.05) is 134 Å². The minimum Gasteiger partial charge on any atom is -0.394 e. The number of hydrogen-bond acceptors (Lipinski definition) is 8. The van der Waals surface area contributed by atoms with Gasteiger partial charge < -0.3 is 30.1 Å². The van der Waals surface area contributed by atoms with Crippen LogP contribution in [0.2, 0.25) is 0 Å². The maximum atomic E-state index is 12.3. The molecule has 0 amide bonds. The van der Waals surface area contributed by atoms with E-state index in [1.165, 1.54) is 88.2 Å². The molecule has 1 aliphatic heterocycles. The Bertz CT molecular complexity index is 1060. The van der Waals surface area contributed by atoms with E-state index in [0.29, 0.717) is 0 Å². The smallest absolute Gasteiger partial charge is 0.394 e. The minimum atomic E-state index is -4.65. The summed E-state index contributed by atoms with van der Waals surface area (Å²) in [7, 11) is -4.65. The highest BCUT2D eigenvalue weighted by Crippen LogP contribution is 2.46. The van der Waals surface area contributed by atoms with Crippen molar-refractivity contribution in [3.63, 3.8) is 0 Å². The number of aliphatic hydroxyl groups excluding tert-OH is 4. The lowest BCUT2D eigenvalue weighted by Crippen LogP contribution is -2.58. The molecule has 1 rings (SSSR count). The molecule has 300 valence electrons. The molecule has 0 bridgehead atoms. The van der Waals surface area contributed by atoms with Gasteiger partial charge in [0.15, 0.2) is 6.29 Å². The summed E-state index contributed by atoms with van der Waals surface area (Å²) >= 11 is 0. The van der Waals surface area contributed by atoms with Gasteiger partial charge in [0.05, 0.1) is 13.2 Å². The van der Waals surface area contributed by atoms with Gasteiger partial charge in [-0.15, -0.1) is 0 Å². The van der Waals surface area contributed by atoms with Gasteiger partial charge in [-0.3, -0.25) is 9.05 Å². The maximum Gasteiger partial charge on any atom is 0.474 e. The fourth-order valence-electron chi connectivity index (χ4n) is 6.66. The van der Waals surface area contributed by atoms with Crippen molar-refractivity contribution in [3.05, 3.63) is 34.9 Å². The molecule has 10 heteroatoms. The van der Waals surface area contributed by atoms with E-state index in [9.17, 15) is 29.9 Å². The third kappa shape index (κ3) is 22.8. The quantitative estimate of drug-likeness (QED) is 0.0391. The number of hydrogen-bond donors (Lipinski definition) is 5. The van der Waals surface area contributed by atoms with Crippen LogP contribution in [0.15, 0.2) is 34.9 Å². The molecule has 9 nitrogen and oxygen atoms in total. The molecule has 0 spiro atoms. The third-order valence-electron chi connectivity index (χ3n) is 10.4. The molecule has 5 N–H and O–H groups in total. The summed E-state index contributed by atoms with van der Waals surface area (Å²) in [6.07, 6.45) is 18.1. The van der Waals surface area contributed by atoms with Gasteiger partial charge in [0.1, 0.15) is 24.4 Å². The normalized spacial score (nSPS) is 25.2. The van der Waals surface area contributed by atoms with Crippen LogP contribution in [0.4, 0.5) is 0 Å². The number of ether oxygens (including phenoxy) is 1. The molecule has 51 heavy (non-hydrogen) atoms. The van der Waals surface area contributed by atoms with Crippen LogP contribution >= 0.6 is 7.82 Å². The van der Waals surface area contributed by atoms with E-state index >= 15 is 0 Å². The van der Waals surface area contributed by atoms with Crippen molar-refractivity contribution >= 4 is 7.82 Å². The summed E-state index contributed by atoms with van der Waals surface area (Å²) in [4.78, 5) is 10.0. The Kier molecular flexibility index (Phi) is 25.3. The lowest BCUT2D eigenvalue weighted by molar-refractivity contribution is -0.281. The molecule has 4 unspecified atom stereocenters. The summed E-state index contributed by atoms with van der Waals surface area (Å²) in [6, 6.07) is 0. The lowest BCUT2D eigenvalue weighted by atomic mass is 9.90. The van der Waals surface area contributed by atoms with Gasteiger partial charge in [-0.2, -0.15) is 0 Å². The molecule has 0 aromatic heterocycles. The standard InChI is InChI=1S/C41H77O9P/c1-30(2)15-9-16-31(3)17-10-18-32(4)19-11-20-33(5)21-12-22-34(6)23-13-24-35(7)25-14-26-36(8)27-28-48-51(46,47)50-41-40(45)39(44)38(43)37(29-42)49-41/h23,25,27,30-33,37-45H,9-22,24,26,28-29H2,1-8H3,(H,46,47)/b34-23+,35-25+,36-27-/t31?,32?,33?,37-,38-,39+,40+,41+/m1/s1. The van der Waals surface area contributed by atoms with E-state index in [4.69, 9.17) is 13.8 Å². The van der Waals surface area contributed by atoms with E-state index in [0.717, 1.165) is 54.9 Å². The zero-order chi connectivity index (χ0) is 38.4. The molecule has 0 saturated carbocycles. The Labute approximate surface area is 311 Å². The molecule has 1 fully saturated rings. The van der Waals surface area contributed by atoms with Crippen LogP contribution in [0.5, 0.6) is 0 Å². The Hall–Kier alpha value is -0.870. The van der Waals surface area contributed by atoms with E-state index in [1.54, 1.807) is 6.08 Å². The summed E-state index contributed by atoms with van der Waals surface area (Å²) in [5, 5.41) is 38.9. The summed E-state index contributed by atoms with van der Waals surface area (Å²) < 4.78 is 27.3. The van der Waals surface area contributed by atoms with Crippen LogP contribution in [0.25, 0.3) is 0 Å². The number of phosphoric acid groups is 1. The second-order valence-corrected chi connectivity index (χ2v) is 17.6. The van der Waals surface area contributed by atoms with Crippen LogP contribution in [0.3, 0.4) is 0 Å². The summed E-state index contributed by atoms with van der Waals surface area (Å²) in [5.74, 6) is 3.38. The van der Waals surface area contributed by atoms with Crippen molar-refractivity contribution < 1.29 is 43.7 Å². The van der Waals surface area contributed by atoms with E-state index in [2.05, 4.69) is 60.6 Å². The van der Waals surface area contributed by atoms with Crippen molar-refractivity contribution in [3.8, 4) is 0 Å². The molecule has 0 radical (unpaired) electrons. The second kappa shape index (κ2) is 26.8. The molecule has 9 atom stereocenters. The molecule has 1 saturated heterocycles. The van der Waals surface area contributed by atoms with Gasteiger partial charge >= 0.3 is 7.82 Å². The first-order valence-electron chi connectivity index (χ1n) is 20.0. The zero-order valence-electron chi connectivity index (χ0n) is 33.5. The molecule has 1 heterocycles. The Morgan fingerprint density at radius 1 is 0.667 bits per heavy atom. The molecule has 0 aromatic rings. The first kappa shape index (κ1) is 48.1. The van der Waals surface area contributed by atoms with Crippen molar-refractivity contribution in [1.29, 1.82) is 0 Å². The third-order valence-corrected chi connectivity index (χ3v) is 11.3. The highest BCUT2D eigenvalue weighted by Gasteiger charge is 2.46. The Morgan fingerprint density at radius 2 is 1.12 bits per heavy atom. The Balaban J connectivity index is 2.20. The van der Waals surface area contributed by atoms with Gasteiger partial charge in [-0.25, -0.2) is 4.57 Å². The van der Waals surface area contributed by atoms with E-state index < -0.39 is 45.1 Å². The molecule has 0 aliphatic carbocycles. The number of aliphatic hydroxyl groups is 4. The molecule has 1 aliphatic rings. The SMILES string of the molecule is C/C(=C/COP(=O)(O)O[C@@H]1O[C@H](CO)[C@@H](O)[C@H](O)[C@@H]1O)CC/C=C(\C)CC/C=C(\C)CCCC(C)CCCC(C)CCCC(C)CCCC(C)C. The average molecular weight is 745 g/mol. The topological polar surface area (TPSA) is 146 Å². The van der Waals surface area contributed by atoms with Crippen molar-refractivity contribution in [1.82, 2.24) is 0 Å². The van der Waals surface area contributed by atoms with Crippen LogP contribution < -0.4 is 0 Å². The van der Waals surface area contributed by atoms with Crippen LogP contribution in [0, 0.1) is 23.7 Å². The predicted molar refractivity (Wildman–Crippen MR) is 208 cm³/mol. The van der Waals surface area contributed by atoms with Gasteiger partial charge in [0.2, 0.25) is 0 Å². The van der Waals surface area contributed by atoms with Crippen molar-refractivity contribution in [2.75, 3.05) is 13.2 Å². The van der Waals surface area contributed by atoms with Crippen LogP contribution in [0.1, 0.15) is 158 Å². The second-order valence-electron chi connectivity index (χ2n) is 16.2. The van der Waals surface area contributed by atoms with Crippen LogP contribution in [-0.4, -0.2) is 69.2 Å². The first-order valence-corrected chi connectivity index (χ1v) is 21.5. The van der Waals surface area contributed by atoms with Gasteiger partial charge in [0.25, 0.3) is 0 Å². The van der Waals surface area contributed by atoms with E-state index in [1.807, 2.05) is 6.92 Å². The average Bonchev–Trinajstić information content (AvgIpc) is 3.04. The highest BCUT2D eigenvalue weighted by molar-refractivity contribution is 7.47. The molecular formula is C41H77O9P. The number of phosphoric ester groups is 1. The summed E-state index contributed by atoms with van der Waals surface area (Å²) in [5.41, 5.74) is 3.81. The predicted octanol–water partition coefficient (Wildman–Crippen LogP) is 9.56. The molecule has 0 aromatic carbocycles. The van der Waals surface area contributed by atoms with Crippen molar-refractivity contribution in [2.24, 2.45) is 23.7 Å². The fraction of sp³-hybridized carbons (Fsp3) is 0.854. The number of rotatable bonds is 28. The number of allylic oxidation sites excluding steroid dienone is 5. The first-order chi connectivity index (χ1) is 24.0. The molecular weight excluding hydrogens is 667 g/mol. The monoisotopic (exact) mass is 745 g/mol. The fourth-order valence-corrected chi connectivity index (χ4v) is 7.42.